The third-order valence-corrected chi connectivity index (χ3v) is 6.62. The van der Waals surface area contributed by atoms with Crippen molar-refractivity contribution in [1.29, 1.82) is 0 Å². The maximum absolute atomic E-state index is 10.5. The Kier molecular flexibility index (Phi) is 4.38. The number of nitrogens with zero attached hydrogens (tertiary/aromatic N) is 2. The molecule has 0 spiro atoms. The number of rotatable bonds is 5. The van der Waals surface area contributed by atoms with Gasteiger partial charge in [0, 0.05) is 10.6 Å². The monoisotopic (exact) mass is 326 g/mol. The number of fused-ring (bicyclic) bond motifs is 1. The van der Waals surface area contributed by atoms with Gasteiger partial charge in [0.05, 0.1) is 11.3 Å². The minimum absolute atomic E-state index is 0.160. The topological polar surface area (TPSA) is 63.1 Å². The molecule has 2 heterocycles. The summed E-state index contributed by atoms with van der Waals surface area (Å²) in [5.74, 6) is -0.224. The molecule has 0 aliphatic heterocycles. The quantitative estimate of drug-likeness (QED) is 0.849. The molecule has 0 bridgehead atoms. The first kappa shape index (κ1) is 14.0. The fourth-order valence-electron chi connectivity index (χ4n) is 2.19. The molecule has 2 aromatic rings. The zero-order valence-electron chi connectivity index (χ0n) is 10.8. The van der Waals surface area contributed by atoms with E-state index in [9.17, 15) is 4.79 Å². The van der Waals surface area contributed by atoms with E-state index in [2.05, 4.69) is 16.3 Å². The summed E-state index contributed by atoms with van der Waals surface area (Å²) in [6, 6.07) is 2.26. The van der Waals surface area contributed by atoms with E-state index >= 15 is 0 Å². The van der Waals surface area contributed by atoms with Crippen LogP contribution in [0.2, 0.25) is 0 Å². The lowest BCUT2D eigenvalue weighted by Gasteiger charge is -2.08. The van der Waals surface area contributed by atoms with Crippen molar-refractivity contribution < 1.29 is 9.90 Å². The number of aryl methyl sites for hydroxylation is 2. The van der Waals surface area contributed by atoms with Gasteiger partial charge in [0.15, 0.2) is 9.35 Å². The Bertz CT molecular complexity index is 597. The molecular formula is C13H14N2O2S3. The predicted molar refractivity (Wildman–Crippen MR) is 82.8 cm³/mol. The Morgan fingerprint density at radius 3 is 2.95 bits per heavy atom. The van der Waals surface area contributed by atoms with Gasteiger partial charge in [-0.1, -0.05) is 23.1 Å². The van der Waals surface area contributed by atoms with Gasteiger partial charge in [0.25, 0.3) is 0 Å². The van der Waals surface area contributed by atoms with Gasteiger partial charge in [-0.15, -0.1) is 21.5 Å². The van der Waals surface area contributed by atoms with Crippen molar-refractivity contribution in [3.05, 3.63) is 16.5 Å². The molecular weight excluding hydrogens is 312 g/mol. The van der Waals surface area contributed by atoms with E-state index in [1.165, 1.54) is 52.8 Å². The zero-order chi connectivity index (χ0) is 13.9. The molecule has 0 unspecified atom stereocenters. The largest absolute Gasteiger partial charge is 0.481 e. The number of hydrogen-bond acceptors (Lipinski definition) is 6. The van der Waals surface area contributed by atoms with Crippen LogP contribution < -0.4 is 0 Å². The van der Waals surface area contributed by atoms with Gasteiger partial charge in [-0.3, -0.25) is 4.79 Å². The van der Waals surface area contributed by atoms with Crippen molar-refractivity contribution >= 4 is 40.4 Å². The molecule has 1 aliphatic rings. The van der Waals surface area contributed by atoms with Crippen molar-refractivity contribution in [3.63, 3.8) is 0 Å². The summed E-state index contributed by atoms with van der Waals surface area (Å²) in [6.07, 6.45) is 5.12. The van der Waals surface area contributed by atoms with Crippen molar-refractivity contribution in [1.82, 2.24) is 10.2 Å². The van der Waals surface area contributed by atoms with Crippen molar-refractivity contribution in [2.75, 3.05) is 5.75 Å². The van der Waals surface area contributed by atoms with Crippen LogP contribution in [0.5, 0.6) is 0 Å². The van der Waals surface area contributed by atoms with Gasteiger partial charge >= 0.3 is 5.97 Å². The standard InChI is InChI=1S/C13H14N2O2S3/c16-11(17)5-6-18-13-15-14-12(20-13)10-7-8-3-1-2-4-9(8)19-10/h7H,1-6H2,(H,16,17). The Labute approximate surface area is 129 Å². The molecule has 3 rings (SSSR count). The number of hydrogen-bond donors (Lipinski definition) is 1. The van der Waals surface area contributed by atoms with Crippen LogP contribution in [0.1, 0.15) is 29.7 Å². The normalized spacial score (nSPS) is 14.2. The first-order valence-electron chi connectivity index (χ1n) is 6.52. The number of aromatic nitrogens is 2. The Hall–Kier alpha value is -0.920. The molecule has 20 heavy (non-hydrogen) atoms. The first-order valence-corrected chi connectivity index (χ1v) is 9.14. The molecule has 0 fully saturated rings. The van der Waals surface area contributed by atoms with Crippen LogP contribution in [0, 0.1) is 0 Å². The van der Waals surface area contributed by atoms with Gasteiger partial charge in [-0.05, 0) is 37.3 Å². The van der Waals surface area contributed by atoms with Gasteiger partial charge in [0.2, 0.25) is 0 Å². The zero-order valence-corrected chi connectivity index (χ0v) is 13.2. The third kappa shape index (κ3) is 3.21. The fourth-order valence-corrected chi connectivity index (χ4v) is 5.33. The number of thioether (sulfide) groups is 1. The third-order valence-electron chi connectivity index (χ3n) is 3.16. The molecule has 7 heteroatoms. The van der Waals surface area contributed by atoms with Crippen molar-refractivity contribution in [2.24, 2.45) is 0 Å². The second kappa shape index (κ2) is 6.24. The molecule has 1 N–H and O–H groups in total. The van der Waals surface area contributed by atoms with Crippen LogP contribution in [0.15, 0.2) is 10.4 Å². The molecule has 4 nitrogen and oxygen atoms in total. The van der Waals surface area contributed by atoms with Gasteiger partial charge < -0.3 is 5.11 Å². The second-order valence-electron chi connectivity index (χ2n) is 4.63. The highest BCUT2D eigenvalue weighted by Gasteiger charge is 2.16. The molecule has 0 atom stereocenters. The summed E-state index contributed by atoms with van der Waals surface area (Å²) in [5.41, 5.74) is 1.48. The van der Waals surface area contributed by atoms with E-state index in [1.54, 1.807) is 11.3 Å². The number of carboxylic acid groups (broad SMARTS) is 1. The SMILES string of the molecule is O=C(O)CCSc1nnc(-c2cc3c(s2)CCCC3)s1. The second-order valence-corrected chi connectivity index (χ2v) is 8.09. The van der Waals surface area contributed by atoms with E-state index in [0.717, 1.165) is 9.35 Å². The molecule has 0 saturated heterocycles. The molecule has 0 aromatic carbocycles. The Morgan fingerprint density at radius 1 is 1.30 bits per heavy atom. The number of thiophene rings is 1. The summed E-state index contributed by atoms with van der Waals surface area (Å²) < 4.78 is 0.854. The maximum atomic E-state index is 10.5. The van der Waals surface area contributed by atoms with E-state index in [4.69, 9.17) is 5.11 Å². The minimum atomic E-state index is -0.770. The van der Waals surface area contributed by atoms with Gasteiger partial charge in [-0.25, -0.2) is 0 Å². The van der Waals surface area contributed by atoms with Crippen LogP contribution in [-0.4, -0.2) is 27.0 Å². The van der Waals surface area contributed by atoms with Crippen LogP contribution in [0.3, 0.4) is 0 Å². The molecule has 106 valence electrons. The highest BCUT2D eigenvalue weighted by atomic mass is 32.2. The van der Waals surface area contributed by atoms with Crippen molar-refractivity contribution in [2.45, 2.75) is 36.4 Å². The highest BCUT2D eigenvalue weighted by molar-refractivity contribution is 8.01. The van der Waals surface area contributed by atoms with E-state index in [1.807, 2.05) is 11.3 Å². The van der Waals surface area contributed by atoms with E-state index in [-0.39, 0.29) is 6.42 Å². The smallest absolute Gasteiger partial charge is 0.304 e. The summed E-state index contributed by atoms with van der Waals surface area (Å²) in [7, 11) is 0. The highest BCUT2D eigenvalue weighted by Crippen LogP contribution is 2.38. The maximum Gasteiger partial charge on any atom is 0.304 e. The molecule has 0 amide bonds. The number of aliphatic carboxylic acids is 1. The summed E-state index contributed by atoms with van der Waals surface area (Å²) in [6.45, 7) is 0. The predicted octanol–water partition coefficient (Wildman–Crippen LogP) is 3.71. The summed E-state index contributed by atoms with van der Waals surface area (Å²) in [4.78, 5) is 13.2. The fraction of sp³-hybridized carbons (Fsp3) is 0.462. The van der Waals surface area contributed by atoms with Crippen LogP contribution in [0.25, 0.3) is 9.88 Å². The molecule has 0 saturated carbocycles. The lowest BCUT2D eigenvalue weighted by molar-refractivity contribution is -0.136. The van der Waals surface area contributed by atoms with Crippen LogP contribution >= 0.6 is 34.4 Å². The van der Waals surface area contributed by atoms with Gasteiger partial charge in [0.1, 0.15) is 0 Å². The van der Waals surface area contributed by atoms with Crippen LogP contribution in [-0.2, 0) is 17.6 Å². The Morgan fingerprint density at radius 2 is 2.15 bits per heavy atom. The molecule has 0 radical (unpaired) electrons. The summed E-state index contributed by atoms with van der Waals surface area (Å²) in [5, 5.41) is 18.0. The molecule has 1 aliphatic carbocycles. The summed E-state index contributed by atoms with van der Waals surface area (Å²) >= 11 is 4.86. The van der Waals surface area contributed by atoms with Crippen molar-refractivity contribution in [3.8, 4) is 9.88 Å². The average molecular weight is 326 g/mol. The minimum Gasteiger partial charge on any atom is -0.481 e. The Balaban J connectivity index is 1.69. The number of carboxylic acids is 1. The van der Waals surface area contributed by atoms with E-state index in [0.29, 0.717) is 5.75 Å². The number of carbonyl (C=O) groups is 1. The average Bonchev–Trinajstić information content (AvgIpc) is 3.03. The first-order chi connectivity index (χ1) is 9.72. The van der Waals surface area contributed by atoms with Gasteiger partial charge in [-0.2, -0.15) is 0 Å². The lowest BCUT2D eigenvalue weighted by atomic mass is 9.99. The van der Waals surface area contributed by atoms with Crippen LogP contribution in [0.4, 0.5) is 0 Å². The molecule has 2 aromatic heterocycles. The lowest BCUT2D eigenvalue weighted by Crippen LogP contribution is -1.96. The van der Waals surface area contributed by atoms with E-state index < -0.39 is 5.97 Å².